The monoisotopic (exact) mass is 203 g/mol. The Kier molecular flexibility index (Phi) is 1.74. The summed E-state index contributed by atoms with van der Waals surface area (Å²) < 4.78 is 0. The zero-order valence-corrected chi connectivity index (χ0v) is 8.44. The Morgan fingerprint density at radius 1 is 1.33 bits per heavy atom. The number of benzene rings is 1. The molecule has 1 fully saturated rings. The number of nitrogens with zero attached hydrogens (tertiary/aromatic N) is 1. The van der Waals surface area contributed by atoms with Crippen LogP contribution in [0.4, 0.5) is 5.69 Å². The summed E-state index contributed by atoms with van der Waals surface area (Å²) in [5.74, 6) is 0.433. The topological polar surface area (TPSA) is 49.7 Å². The first kappa shape index (κ1) is 9.04. The van der Waals surface area contributed by atoms with Crippen molar-refractivity contribution in [1.29, 1.82) is 0 Å². The second-order valence-electron chi connectivity index (χ2n) is 4.64. The Balaban J connectivity index is 2.28. The minimum atomic E-state index is -0.690. The van der Waals surface area contributed by atoms with Crippen molar-refractivity contribution in [3.8, 4) is 0 Å². The van der Waals surface area contributed by atoms with Gasteiger partial charge in [-0.3, -0.25) is 0 Å². The Morgan fingerprint density at radius 2 is 2.07 bits per heavy atom. The van der Waals surface area contributed by atoms with Crippen LogP contribution in [0.2, 0.25) is 0 Å². The molecule has 1 N–H and O–H groups in total. The molecule has 1 aromatic carbocycles. The molecule has 4 rings (SSSR count). The van der Waals surface area contributed by atoms with Crippen molar-refractivity contribution >= 4 is 5.69 Å². The van der Waals surface area contributed by atoms with Gasteiger partial charge in [0.25, 0.3) is 0 Å². The Bertz CT molecular complexity index is 420. The highest BCUT2D eigenvalue weighted by Crippen LogP contribution is 2.54. The molecule has 0 aliphatic heterocycles. The third kappa shape index (κ3) is 1.10. The predicted octanol–water partition coefficient (Wildman–Crippen LogP) is 2.94. The van der Waals surface area contributed by atoms with E-state index in [1.807, 2.05) is 12.1 Å². The van der Waals surface area contributed by atoms with Crippen LogP contribution in [0.5, 0.6) is 0 Å². The minimum absolute atomic E-state index is 0.433. The van der Waals surface area contributed by atoms with Crippen LogP contribution in [0.3, 0.4) is 0 Å². The summed E-state index contributed by atoms with van der Waals surface area (Å²) in [6, 6.07) is 5.50. The molecule has 0 unspecified atom stereocenters. The summed E-state index contributed by atoms with van der Waals surface area (Å²) in [4.78, 5) is 10.7. The van der Waals surface area contributed by atoms with Gasteiger partial charge in [0, 0.05) is 0 Å². The molecule has 78 valence electrons. The van der Waals surface area contributed by atoms with Gasteiger partial charge in [-0.1, -0.05) is 12.1 Å². The average molecular weight is 203 g/mol. The van der Waals surface area contributed by atoms with Crippen LogP contribution in [0, 0.1) is 4.91 Å². The van der Waals surface area contributed by atoms with Crippen molar-refractivity contribution in [1.82, 2.24) is 0 Å². The van der Waals surface area contributed by atoms with E-state index in [-0.39, 0.29) is 0 Å². The Hall–Kier alpha value is -1.22. The zero-order valence-electron chi connectivity index (χ0n) is 8.44. The van der Waals surface area contributed by atoms with E-state index >= 15 is 0 Å². The van der Waals surface area contributed by atoms with Crippen molar-refractivity contribution in [3.05, 3.63) is 34.2 Å². The standard InChI is InChI=1S/C12H13NO2/c14-12-6-4-8(5-7-12)11-9(12)2-1-3-10(11)13-15/h1-3,8,14H,4-7H2. The first-order chi connectivity index (χ1) is 7.24. The highest BCUT2D eigenvalue weighted by Gasteiger charge is 2.44. The fourth-order valence-electron chi connectivity index (χ4n) is 3.12. The first-order valence-corrected chi connectivity index (χ1v) is 5.44. The van der Waals surface area contributed by atoms with Crippen molar-refractivity contribution < 1.29 is 5.11 Å². The number of nitroso groups, excluding NO2 is 1. The SMILES string of the molecule is O=Nc1cccc2c1C1CCC2(O)CC1. The van der Waals surface area contributed by atoms with Gasteiger partial charge in [0.1, 0.15) is 5.69 Å². The maximum Gasteiger partial charge on any atom is 0.111 e. The fraction of sp³-hybridized carbons (Fsp3) is 0.500. The maximum absolute atomic E-state index is 10.7. The number of hydrogen-bond acceptors (Lipinski definition) is 3. The second-order valence-corrected chi connectivity index (χ2v) is 4.64. The highest BCUT2D eigenvalue weighted by atomic mass is 16.3. The molecule has 0 atom stereocenters. The summed E-state index contributed by atoms with van der Waals surface area (Å²) >= 11 is 0. The number of hydrogen-bond donors (Lipinski definition) is 1. The molecule has 3 aliphatic rings. The quantitative estimate of drug-likeness (QED) is 0.713. The molecular formula is C12H13NO2. The summed E-state index contributed by atoms with van der Waals surface area (Å²) in [5.41, 5.74) is 1.79. The van der Waals surface area contributed by atoms with E-state index in [2.05, 4.69) is 5.18 Å². The molecule has 2 bridgehead atoms. The molecule has 1 saturated carbocycles. The van der Waals surface area contributed by atoms with Gasteiger partial charge in [-0.15, -0.1) is 4.91 Å². The Labute approximate surface area is 88.1 Å². The zero-order chi connectivity index (χ0) is 10.5. The second kappa shape index (κ2) is 2.89. The molecular weight excluding hydrogens is 190 g/mol. The van der Waals surface area contributed by atoms with Gasteiger partial charge in [-0.05, 0) is 54.0 Å². The molecule has 0 amide bonds. The third-order valence-corrected chi connectivity index (χ3v) is 3.90. The summed E-state index contributed by atoms with van der Waals surface area (Å²) in [6.45, 7) is 0. The van der Waals surface area contributed by atoms with Crippen molar-refractivity contribution in [2.45, 2.75) is 37.2 Å². The van der Waals surface area contributed by atoms with Crippen molar-refractivity contribution in [3.63, 3.8) is 0 Å². The molecule has 0 spiro atoms. The fourth-order valence-corrected chi connectivity index (χ4v) is 3.12. The highest BCUT2D eigenvalue weighted by molar-refractivity contribution is 5.56. The van der Waals surface area contributed by atoms with Gasteiger partial charge in [0.15, 0.2) is 0 Å². The van der Waals surface area contributed by atoms with E-state index in [4.69, 9.17) is 0 Å². The molecule has 0 heterocycles. The van der Waals surface area contributed by atoms with E-state index in [1.165, 1.54) is 0 Å². The van der Waals surface area contributed by atoms with Gasteiger partial charge in [0.2, 0.25) is 0 Å². The van der Waals surface area contributed by atoms with Gasteiger partial charge in [-0.25, -0.2) is 0 Å². The molecule has 3 nitrogen and oxygen atoms in total. The van der Waals surface area contributed by atoms with Gasteiger partial charge >= 0.3 is 0 Å². The maximum atomic E-state index is 10.7. The number of aliphatic hydroxyl groups is 1. The molecule has 3 aliphatic carbocycles. The van der Waals surface area contributed by atoms with Crippen LogP contribution in [0.15, 0.2) is 23.4 Å². The van der Waals surface area contributed by atoms with E-state index in [9.17, 15) is 10.0 Å². The molecule has 3 heteroatoms. The summed E-state index contributed by atoms with van der Waals surface area (Å²) in [7, 11) is 0. The lowest BCUT2D eigenvalue weighted by Gasteiger charge is -2.44. The summed E-state index contributed by atoms with van der Waals surface area (Å²) in [6.07, 6.45) is 3.62. The van der Waals surface area contributed by atoms with Gasteiger partial charge in [-0.2, -0.15) is 0 Å². The van der Waals surface area contributed by atoms with Crippen LogP contribution in [0.1, 0.15) is 42.7 Å². The third-order valence-electron chi connectivity index (χ3n) is 3.90. The average Bonchev–Trinajstić information content (AvgIpc) is 2.29. The molecule has 15 heavy (non-hydrogen) atoms. The molecule has 0 saturated heterocycles. The predicted molar refractivity (Wildman–Crippen MR) is 57.0 cm³/mol. The van der Waals surface area contributed by atoms with Crippen molar-refractivity contribution in [2.24, 2.45) is 5.18 Å². The minimum Gasteiger partial charge on any atom is -0.385 e. The molecule has 0 aromatic heterocycles. The smallest absolute Gasteiger partial charge is 0.111 e. The van der Waals surface area contributed by atoms with Crippen molar-refractivity contribution in [2.75, 3.05) is 0 Å². The lowest BCUT2D eigenvalue weighted by molar-refractivity contribution is -0.0195. The largest absolute Gasteiger partial charge is 0.385 e. The van der Waals surface area contributed by atoms with Crippen LogP contribution in [-0.4, -0.2) is 5.11 Å². The summed E-state index contributed by atoms with van der Waals surface area (Å²) in [5, 5.41) is 13.5. The molecule has 1 aromatic rings. The number of fused-ring (bicyclic) bond motifs is 2. The van der Waals surface area contributed by atoms with Crippen LogP contribution in [-0.2, 0) is 5.60 Å². The van der Waals surface area contributed by atoms with Crippen LogP contribution in [0.25, 0.3) is 0 Å². The van der Waals surface area contributed by atoms with Gasteiger partial charge < -0.3 is 5.11 Å². The van der Waals surface area contributed by atoms with E-state index in [0.29, 0.717) is 11.6 Å². The number of rotatable bonds is 1. The van der Waals surface area contributed by atoms with Crippen LogP contribution >= 0.6 is 0 Å². The van der Waals surface area contributed by atoms with E-state index < -0.39 is 5.60 Å². The first-order valence-electron chi connectivity index (χ1n) is 5.44. The van der Waals surface area contributed by atoms with E-state index in [0.717, 1.165) is 36.8 Å². The normalized spacial score (nSPS) is 32.5. The van der Waals surface area contributed by atoms with E-state index in [1.54, 1.807) is 6.07 Å². The van der Waals surface area contributed by atoms with Gasteiger partial charge in [0.05, 0.1) is 5.60 Å². The lowest BCUT2D eigenvalue weighted by atomic mass is 9.64. The Morgan fingerprint density at radius 3 is 2.73 bits per heavy atom. The van der Waals surface area contributed by atoms with Crippen LogP contribution < -0.4 is 0 Å². The molecule has 0 radical (unpaired) electrons. The lowest BCUT2D eigenvalue weighted by Crippen LogP contribution is -2.37.